The molecule has 1 N–H and O–H groups in total. The van der Waals surface area contributed by atoms with E-state index in [0.717, 1.165) is 10.9 Å². The molecule has 0 saturated carbocycles. The monoisotopic (exact) mass is 444 g/mol. The van der Waals surface area contributed by atoms with E-state index in [9.17, 15) is 14.9 Å². The van der Waals surface area contributed by atoms with Crippen molar-refractivity contribution < 1.29 is 14.5 Å². The number of pyridine rings is 1. The summed E-state index contributed by atoms with van der Waals surface area (Å²) in [6.07, 6.45) is 1.44. The molecule has 2 aromatic carbocycles. The highest BCUT2D eigenvalue weighted by Gasteiger charge is 2.07. The number of ether oxygens (including phenoxy) is 1. The fraction of sp³-hybridized carbons (Fsp3) is 0.150. The number of fused-ring (bicyclic) bond motifs is 1. The van der Waals surface area contributed by atoms with Crippen LogP contribution in [0.15, 0.2) is 53.6 Å². The van der Waals surface area contributed by atoms with Crippen LogP contribution in [-0.4, -0.2) is 34.9 Å². The molecule has 0 aliphatic heterocycles. The minimum absolute atomic E-state index is 0.0387. The van der Waals surface area contributed by atoms with Gasteiger partial charge in [-0.3, -0.25) is 14.9 Å². The van der Waals surface area contributed by atoms with E-state index in [-0.39, 0.29) is 22.5 Å². The van der Waals surface area contributed by atoms with Crippen molar-refractivity contribution in [2.75, 3.05) is 12.9 Å². The third kappa shape index (κ3) is 5.68. The van der Waals surface area contributed by atoms with E-state index >= 15 is 0 Å². The minimum atomic E-state index is -0.448. The second-order valence-corrected chi connectivity index (χ2v) is 7.48. The van der Waals surface area contributed by atoms with E-state index in [2.05, 4.69) is 15.5 Å². The van der Waals surface area contributed by atoms with E-state index in [0.29, 0.717) is 22.6 Å². The normalized spacial score (nSPS) is 11.0. The van der Waals surface area contributed by atoms with Crippen molar-refractivity contribution >= 4 is 52.1 Å². The van der Waals surface area contributed by atoms with Gasteiger partial charge in [0.05, 0.1) is 29.5 Å². The number of thioether (sulfide) groups is 1. The zero-order valence-corrected chi connectivity index (χ0v) is 17.4. The number of rotatable bonds is 8. The number of carbonyl (C=O) groups is 1. The number of nitrogens with one attached hydrogen (secondary N) is 1. The molecule has 0 bridgehead atoms. The Balaban J connectivity index is 1.51. The van der Waals surface area contributed by atoms with E-state index in [1.165, 1.54) is 30.1 Å². The third-order valence-corrected chi connectivity index (χ3v) is 5.35. The van der Waals surface area contributed by atoms with E-state index < -0.39 is 4.92 Å². The molecule has 1 heterocycles. The number of nitrogens with zero attached hydrogens (tertiary/aromatic N) is 3. The SMILES string of the molecule is COc1ccc2cc(/C=N\NC(=O)CSCc3ccc([N+](=O)[O-])cc3)c(Cl)nc2c1. The Morgan fingerprint density at radius 2 is 2.07 bits per heavy atom. The molecular weight excluding hydrogens is 428 g/mol. The Bertz CT molecular complexity index is 1110. The summed E-state index contributed by atoms with van der Waals surface area (Å²) in [7, 11) is 1.58. The van der Waals surface area contributed by atoms with Crippen LogP contribution in [0.25, 0.3) is 10.9 Å². The quantitative estimate of drug-likeness (QED) is 0.241. The number of aromatic nitrogens is 1. The molecule has 30 heavy (non-hydrogen) atoms. The Morgan fingerprint density at radius 1 is 1.30 bits per heavy atom. The first-order valence-corrected chi connectivity index (χ1v) is 10.3. The predicted octanol–water partition coefficient (Wildman–Crippen LogP) is 4.19. The number of halogens is 1. The summed E-state index contributed by atoms with van der Waals surface area (Å²) in [5.41, 5.74) is 4.66. The summed E-state index contributed by atoms with van der Waals surface area (Å²) >= 11 is 7.57. The summed E-state index contributed by atoms with van der Waals surface area (Å²) in [4.78, 5) is 26.5. The van der Waals surface area contributed by atoms with Gasteiger partial charge in [0.25, 0.3) is 5.69 Å². The highest BCUT2D eigenvalue weighted by molar-refractivity contribution is 7.99. The number of benzene rings is 2. The summed E-state index contributed by atoms with van der Waals surface area (Å²) < 4.78 is 5.17. The largest absolute Gasteiger partial charge is 0.497 e. The maximum absolute atomic E-state index is 11.9. The zero-order chi connectivity index (χ0) is 21.5. The average Bonchev–Trinajstić information content (AvgIpc) is 2.74. The number of hydrazone groups is 1. The molecule has 0 unspecified atom stereocenters. The van der Waals surface area contributed by atoms with Crippen LogP contribution in [-0.2, 0) is 10.5 Å². The molecule has 154 valence electrons. The van der Waals surface area contributed by atoms with Gasteiger partial charge >= 0.3 is 0 Å². The van der Waals surface area contributed by atoms with Crippen molar-refractivity contribution in [2.45, 2.75) is 5.75 Å². The Hall–Kier alpha value is -3.17. The maximum Gasteiger partial charge on any atom is 0.269 e. The molecule has 0 aliphatic rings. The first kappa shape index (κ1) is 21.5. The summed E-state index contributed by atoms with van der Waals surface area (Å²) in [5.74, 6) is 1.16. The van der Waals surface area contributed by atoms with Crippen LogP contribution < -0.4 is 10.2 Å². The maximum atomic E-state index is 11.9. The number of hydrogen-bond donors (Lipinski definition) is 1. The Kier molecular flexibility index (Phi) is 7.21. The van der Waals surface area contributed by atoms with Gasteiger partial charge in [-0.2, -0.15) is 5.10 Å². The molecular formula is C20H17ClN4O4S. The molecule has 10 heteroatoms. The number of amides is 1. The van der Waals surface area contributed by atoms with Crippen molar-refractivity contribution in [1.29, 1.82) is 0 Å². The van der Waals surface area contributed by atoms with Crippen molar-refractivity contribution in [3.8, 4) is 5.75 Å². The fourth-order valence-electron chi connectivity index (χ4n) is 2.54. The Labute approximate surface area is 181 Å². The van der Waals surface area contributed by atoms with Crippen LogP contribution in [0.2, 0.25) is 5.15 Å². The molecule has 0 spiro atoms. The van der Waals surface area contributed by atoms with Gasteiger partial charge in [-0.1, -0.05) is 23.7 Å². The lowest BCUT2D eigenvalue weighted by Gasteiger charge is -2.05. The molecule has 0 saturated heterocycles. The smallest absolute Gasteiger partial charge is 0.269 e. The van der Waals surface area contributed by atoms with Gasteiger partial charge < -0.3 is 4.74 Å². The lowest BCUT2D eigenvalue weighted by molar-refractivity contribution is -0.384. The zero-order valence-electron chi connectivity index (χ0n) is 15.9. The van der Waals surface area contributed by atoms with Crippen LogP contribution in [0, 0.1) is 10.1 Å². The summed E-state index contributed by atoms with van der Waals surface area (Å²) in [5, 5.41) is 15.7. The average molecular weight is 445 g/mol. The van der Waals surface area contributed by atoms with Crippen LogP contribution in [0.1, 0.15) is 11.1 Å². The highest BCUT2D eigenvalue weighted by atomic mass is 35.5. The summed E-state index contributed by atoms with van der Waals surface area (Å²) in [6.45, 7) is 0. The Morgan fingerprint density at radius 3 is 2.77 bits per heavy atom. The molecule has 1 amide bonds. The second kappa shape index (κ2) is 10.0. The van der Waals surface area contributed by atoms with Crippen LogP contribution in [0.3, 0.4) is 0 Å². The van der Waals surface area contributed by atoms with Gasteiger partial charge in [-0.05, 0) is 23.8 Å². The van der Waals surface area contributed by atoms with E-state index in [1.807, 2.05) is 18.2 Å². The van der Waals surface area contributed by atoms with Crippen molar-refractivity contribution in [2.24, 2.45) is 5.10 Å². The van der Waals surface area contributed by atoms with E-state index in [1.54, 1.807) is 25.3 Å². The lowest BCUT2D eigenvalue weighted by Crippen LogP contribution is -2.19. The second-order valence-electron chi connectivity index (χ2n) is 6.14. The molecule has 0 fully saturated rings. The van der Waals surface area contributed by atoms with Gasteiger partial charge in [0, 0.05) is 34.9 Å². The number of non-ortho nitro benzene ring substituents is 1. The number of carbonyl (C=O) groups excluding carboxylic acids is 1. The van der Waals surface area contributed by atoms with Gasteiger partial charge in [0.2, 0.25) is 5.91 Å². The van der Waals surface area contributed by atoms with Crippen molar-refractivity contribution in [3.05, 3.63) is 74.9 Å². The number of hydrogen-bond acceptors (Lipinski definition) is 7. The van der Waals surface area contributed by atoms with Gasteiger partial charge in [0.1, 0.15) is 10.9 Å². The number of methoxy groups -OCH3 is 1. The molecule has 3 aromatic rings. The predicted molar refractivity (Wildman–Crippen MR) is 118 cm³/mol. The standard InChI is InChI=1S/C20H17ClN4O4S/c1-29-17-7-4-14-8-15(20(21)23-18(14)9-17)10-22-24-19(26)12-30-11-13-2-5-16(6-3-13)25(27)28/h2-10H,11-12H2,1H3,(H,24,26)/b22-10-. The lowest BCUT2D eigenvalue weighted by atomic mass is 10.1. The van der Waals surface area contributed by atoms with Gasteiger partial charge in [0.15, 0.2) is 0 Å². The molecule has 8 nitrogen and oxygen atoms in total. The molecule has 0 radical (unpaired) electrons. The molecule has 0 atom stereocenters. The first-order chi connectivity index (χ1) is 14.5. The third-order valence-electron chi connectivity index (χ3n) is 4.05. The van der Waals surface area contributed by atoms with Crippen LogP contribution in [0.5, 0.6) is 5.75 Å². The fourth-order valence-corrected chi connectivity index (χ4v) is 3.51. The highest BCUT2D eigenvalue weighted by Crippen LogP contribution is 2.23. The number of nitro benzene ring substituents is 1. The van der Waals surface area contributed by atoms with Crippen molar-refractivity contribution in [3.63, 3.8) is 0 Å². The van der Waals surface area contributed by atoms with Gasteiger partial charge in [-0.25, -0.2) is 10.4 Å². The van der Waals surface area contributed by atoms with Gasteiger partial charge in [-0.15, -0.1) is 11.8 Å². The topological polar surface area (TPSA) is 107 Å². The van der Waals surface area contributed by atoms with Crippen LogP contribution in [0.4, 0.5) is 5.69 Å². The molecule has 1 aromatic heterocycles. The minimum Gasteiger partial charge on any atom is -0.497 e. The van der Waals surface area contributed by atoms with Crippen LogP contribution >= 0.6 is 23.4 Å². The summed E-state index contributed by atoms with van der Waals surface area (Å²) in [6, 6.07) is 13.5. The number of nitro groups is 1. The molecule has 0 aliphatic carbocycles. The van der Waals surface area contributed by atoms with Crippen molar-refractivity contribution in [1.82, 2.24) is 10.4 Å². The first-order valence-electron chi connectivity index (χ1n) is 8.73. The van der Waals surface area contributed by atoms with E-state index in [4.69, 9.17) is 16.3 Å². The molecule has 3 rings (SSSR count).